The molecule has 0 saturated carbocycles. The lowest BCUT2D eigenvalue weighted by molar-refractivity contribution is 0.228. The number of rotatable bonds is 5. The minimum absolute atomic E-state index is 0.171. The van der Waals surface area contributed by atoms with E-state index >= 15 is 0 Å². The van der Waals surface area contributed by atoms with Crippen molar-refractivity contribution in [2.45, 2.75) is 33.7 Å². The van der Waals surface area contributed by atoms with Crippen LogP contribution in [0.3, 0.4) is 0 Å². The fraction of sp³-hybridized carbons (Fsp3) is 0.333. The molecule has 2 rings (SSSR count). The monoisotopic (exact) mass is 369 g/mol. The topological polar surface area (TPSA) is 44.7 Å². The Kier molecular flexibility index (Phi) is 7.73. The summed E-state index contributed by atoms with van der Waals surface area (Å²) in [6.07, 6.45) is 4.63. The summed E-state index contributed by atoms with van der Waals surface area (Å²) in [5.41, 5.74) is 4.08. The zero-order valence-corrected chi connectivity index (χ0v) is 16.6. The smallest absolute Gasteiger partial charge is 0.328 e. The number of amidine groups is 1. The molecule has 0 unspecified atom stereocenters. The van der Waals surface area contributed by atoms with Gasteiger partial charge >= 0.3 is 6.03 Å². The van der Waals surface area contributed by atoms with Crippen molar-refractivity contribution < 1.29 is 4.79 Å². The van der Waals surface area contributed by atoms with Crippen LogP contribution in [-0.4, -0.2) is 28.4 Å². The van der Waals surface area contributed by atoms with E-state index in [-0.39, 0.29) is 6.03 Å². The minimum Gasteiger partial charge on any atom is -0.333 e. The van der Waals surface area contributed by atoms with Gasteiger partial charge in [-0.3, -0.25) is 4.99 Å². The van der Waals surface area contributed by atoms with E-state index in [1.165, 1.54) is 0 Å². The Labute approximate surface area is 160 Å². The van der Waals surface area contributed by atoms with Gasteiger partial charge in [-0.25, -0.2) is 9.69 Å². The molecule has 0 atom stereocenters. The molecule has 1 heterocycles. The van der Waals surface area contributed by atoms with Crippen LogP contribution in [0.25, 0.3) is 0 Å². The number of hydrogen-bond donors (Lipinski definition) is 1. The number of thioether (sulfide) groups is 1. The molecular weight excluding hydrogens is 342 g/mol. The van der Waals surface area contributed by atoms with Crippen molar-refractivity contribution >= 4 is 23.0 Å². The first kappa shape index (κ1) is 20.0. The molecular formula is C21H27N3OS. The first-order valence-electron chi connectivity index (χ1n) is 8.81. The van der Waals surface area contributed by atoms with E-state index in [1.807, 2.05) is 57.2 Å². The third-order valence-electron chi connectivity index (χ3n) is 4.11. The van der Waals surface area contributed by atoms with Crippen molar-refractivity contribution in [1.82, 2.24) is 10.2 Å². The molecule has 138 valence electrons. The lowest BCUT2D eigenvalue weighted by atomic mass is 10.1. The zero-order chi connectivity index (χ0) is 18.9. The predicted octanol–water partition coefficient (Wildman–Crippen LogP) is 5.12. The van der Waals surface area contributed by atoms with Gasteiger partial charge in [0.1, 0.15) is 0 Å². The number of aliphatic imine (C=N–C) groups is 1. The molecule has 1 aliphatic rings. The molecule has 0 fully saturated rings. The molecule has 4 nitrogen and oxygen atoms in total. The van der Waals surface area contributed by atoms with Crippen LogP contribution >= 0.6 is 11.8 Å². The van der Waals surface area contributed by atoms with Crippen molar-refractivity contribution in [2.75, 3.05) is 12.3 Å². The second-order valence-electron chi connectivity index (χ2n) is 6.26. The maximum Gasteiger partial charge on any atom is 0.328 e. The second kappa shape index (κ2) is 10.0. The largest absolute Gasteiger partial charge is 0.333 e. The fourth-order valence-electron chi connectivity index (χ4n) is 2.47. The summed E-state index contributed by atoms with van der Waals surface area (Å²) in [4.78, 5) is 19.4. The normalized spacial score (nSPS) is 14.3. The summed E-state index contributed by atoms with van der Waals surface area (Å²) in [7, 11) is 0. The predicted molar refractivity (Wildman–Crippen MR) is 112 cm³/mol. The number of urea groups is 1. The highest BCUT2D eigenvalue weighted by Gasteiger charge is 2.26. The molecule has 0 saturated heterocycles. The highest BCUT2D eigenvalue weighted by atomic mass is 32.2. The van der Waals surface area contributed by atoms with Crippen molar-refractivity contribution in [3.05, 3.63) is 71.5 Å². The Balaban J connectivity index is 2.32. The van der Waals surface area contributed by atoms with Gasteiger partial charge in [-0.1, -0.05) is 60.3 Å². The lowest BCUT2D eigenvalue weighted by Crippen LogP contribution is -2.43. The van der Waals surface area contributed by atoms with E-state index < -0.39 is 0 Å². The van der Waals surface area contributed by atoms with Crippen LogP contribution in [0.2, 0.25) is 0 Å². The standard InChI is InChI=1S/C21H27N3OS/c1-5-10-19(17(4)16(2)3)24(21-22-13-9-14-26-21)20(25)23-15-18-11-7-6-8-12-18/h5-8,10-12H,1,9,13-15H2,2-4H3,(H,23,25). The van der Waals surface area contributed by atoms with E-state index in [4.69, 9.17) is 0 Å². The minimum atomic E-state index is -0.171. The highest BCUT2D eigenvalue weighted by Crippen LogP contribution is 2.25. The van der Waals surface area contributed by atoms with Gasteiger partial charge in [-0.05, 0) is 44.4 Å². The van der Waals surface area contributed by atoms with Crippen LogP contribution in [0, 0.1) is 0 Å². The van der Waals surface area contributed by atoms with Gasteiger partial charge in [0.25, 0.3) is 0 Å². The second-order valence-corrected chi connectivity index (χ2v) is 7.32. The van der Waals surface area contributed by atoms with Crippen LogP contribution in [-0.2, 0) is 6.54 Å². The fourth-order valence-corrected chi connectivity index (χ4v) is 3.42. The number of amides is 2. The molecule has 1 aromatic rings. The Morgan fingerprint density at radius 2 is 2.04 bits per heavy atom. The number of benzene rings is 1. The van der Waals surface area contributed by atoms with Gasteiger partial charge in [0, 0.05) is 18.8 Å². The summed E-state index contributed by atoms with van der Waals surface area (Å²) in [5, 5.41) is 3.77. The number of carbonyl (C=O) groups excluding carboxylic acids is 1. The lowest BCUT2D eigenvalue weighted by Gasteiger charge is -2.29. The third-order valence-corrected chi connectivity index (χ3v) is 5.18. The van der Waals surface area contributed by atoms with Crippen LogP contribution < -0.4 is 5.32 Å². The Morgan fingerprint density at radius 3 is 2.62 bits per heavy atom. The molecule has 1 aromatic carbocycles. The van der Waals surface area contributed by atoms with Crippen molar-refractivity contribution in [3.8, 4) is 0 Å². The average Bonchev–Trinajstić information content (AvgIpc) is 2.67. The molecule has 2 amide bonds. The van der Waals surface area contributed by atoms with Crippen LogP contribution in [0.5, 0.6) is 0 Å². The van der Waals surface area contributed by atoms with E-state index in [0.29, 0.717) is 6.54 Å². The van der Waals surface area contributed by atoms with Gasteiger partial charge in [-0.15, -0.1) is 0 Å². The quantitative estimate of drug-likeness (QED) is 0.732. The Hall–Kier alpha value is -2.27. The van der Waals surface area contributed by atoms with Gasteiger partial charge in [0.05, 0.1) is 5.70 Å². The van der Waals surface area contributed by atoms with E-state index in [0.717, 1.165) is 46.3 Å². The Morgan fingerprint density at radius 1 is 1.31 bits per heavy atom. The molecule has 0 bridgehead atoms. The number of nitrogens with one attached hydrogen (secondary N) is 1. The molecule has 0 spiro atoms. The molecule has 0 aliphatic carbocycles. The summed E-state index contributed by atoms with van der Waals surface area (Å²) < 4.78 is 0. The first-order valence-corrected chi connectivity index (χ1v) is 9.79. The van der Waals surface area contributed by atoms with Crippen molar-refractivity contribution in [3.63, 3.8) is 0 Å². The Bertz CT molecular complexity index is 731. The van der Waals surface area contributed by atoms with Gasteiger partial charge < -0.3 is 5.32 Å². The molecule has 1 aliphatic heterocycles. The molecule has 0 radical (unpaired) electrons. The zero-order valence-electron chi connectivity index (χ0n) is 15.8. The number of nitrogens with zero attached hydrogens (tertiary/aromatic N) is 2. The average molecular weight is 370 g/mol. The third kappa shape index (κ3) is 5.36. The summed E-state index contributed by atoms with van der Waals surface area (Å²) in [6.45, 7) is 11.2. The van der Waals surface area contributed by atoms with Gasteiger partial charge in [0.15, 0.2) is 5.17 Å². The van der Waals surface area contributed by atoms with Crippen LogP contribution in [0.15, 0.2) is 70.9 Å². The molecule has 26 heavy (non-hydrogen) atoms. The molecule has 5 heteroatoms. The van der Waals surface area contributed by atoms with Gasteiger partial charge in [0.2, 0.25) is 0 Å². The van der Waals surface area contributed by atoms with Gasteiger partial charge in [-0.2, -0.15) is 0 Å². The number of hydrogen-bond acceptors (Lipinski definition) is 3. The number of allylic oxidation sites excluding steroid dienone is 4. The maximum atomic E-state index is 13.1. The SMILES string of the molecule is C=CC=C(C(C)=C(C)C)N(C(=O)NCc1ccccc1)C1=NCCCS1. The van der Waals surface area contributed by atoms with E-state index in [2.05, 4.69) is 16.9 Å². The van der Waals surface area contributed by atoms with E-state index in [1.54, 1.807) is 22.7 Å². The summed E-state index contributed by atoms with van der Waals surface area (Å²) >= 11 is 1.62. The van der Waals surface area contributed by atoms with Crippen molar-refractivity contribution in [1.29, 1.82) is 0 Å². The maximum absolute atomic E-state index is 13.1. The first-order chi connectivity index (χ1) is 12.5. The molecule has 1 N–H and O–H groups in total. The van der Waals surface area contributed by atoms with Crippen LogP contribution in [0.4, 0.5) is 4.79 Å². The summed E-state index contributed by atoms with van der Waals surface area (Å²) in [6, 6.07) is 9.73. The number of carbonyl (C=O) groups is 1. The highest BCUT2D eigenvalue weighted by molar-refractivity contribution is 8.13. The molecule has 0 aromatic heterocycles. The van der Waals surface area contributed by atoms with E-state index in [9.17, 15) is 4.79 Å². The summed E-state index contributed by atoms with van der Waals surface area (Å²) in [5.74, 6) is 0.969. The van der Waals surface area contributed by atoms with Crippen LogP contribution in [0.1, 0.15) is 32.8 Å². The van der Waals surface area contributed by atoms with Crippen molar-refractivity contribution in [2.24, 2.45) is 4.99 Å².